The molecule has 1 aromatic heterocycles. The maximum absolute atomic E-state index is 12.2. The van der Waals surface area contributed by atoms with Gasteiger partial charge in [-0.2, -0.15) is 0 Å². The van der Waals surface area contributed by atoms with Crippen LogP contribution in [-0.4, -0.2) is 21.8 Å². The molecule has 0 fully saturated rings. The molecule has 1 unspecified atom stereocenters. The van der Waals surface area contributed by atoms with Crippen LogP contribution in [-0.2, 0) is 9.52 Å². The molecule has 0 spiro atoms. The minimum Gasteiger partial charge on any atom is -0.258 e. The molecule has 0 saturated heterocycles. The molecular weight excluding hydrogens is 408 g/mol. The van der Waals surface area contributed by atoms with Crippen LogP contribution in [0.15, 0.2) is 4.34 Å². The standard InChI is InChI=1S/C5H5Br3N2OS2/c1-3-9-10-5(12-3)13(11,2-6)4(7)8/h2H2,1H3. The summed E-state index contributed by atoms with van der Waals surface area (Å²) in [7, 11) is -2.29. The van der Waals surface area contributed by atoms with Crippen molar-refractivity contribution in [1.82, 2.24) is 10.2 Å². The number of rotatable bonds is 2. The summed E-state index contributed by atoms with van der Waals surface area (Å²) in [6, 6.07) is 0. The molecule has 0 aliphatic heterocycles. The average Bonchev–Trinajstić information content (AvgIpc) is 2.50. The Bertz CT molecular complexity index is 417. The maximum atomic E-state index is 12.2. The van der Waals surface area contributed by atoms with E-state index in [1.807, 2.05) is 6.92 Å². The highest BCUT2D eigenvalue weighted by Gasteiger charge is 2.18. The van der Waals surface area contributed by atoms with E-state index in [1.165, 1.54) is 11.3 Å². The molecule has 1 rings (SSSR count). The van der Waals surface area contributed by atoms with E-state index in [9.17, 15) is 4.21 Å². The third-order valence-electron chi connectivity index (χ3n) is 1.19. The third kappa shape index (κ3) is 2.53. The van der Waals surface area contributed by atoms with Crippen LogP contribution in [0.3, 0.4) is 0 Å². The van der Waals surface area contributed by atoms with Gasteiger partial charge in [0.2, 0.25) is 0 Å². The first-order valence-electron chi connectivity index (χ1n) is 3.06. The number of nitrogens with zero attached hydrogens (tertiary/aromatic N) is 2. The fraction of sp³-hybridized carbons (Fsp3) is 0.400. The van der Waals surface area contributed by atoms with Gasteiger partial charge in [0, 0.05) is 0 Å². The zero-order valence-corrected chi connectivity index (χ0v) is 12.9. The summed E-state index contributed by atoms with van der Waals surface area (Å²) in [5.74, 6) is 0. The predicted molar refractivity (Wildman–Crippen MR) is 67.7 cm³/mol. The SMILES string of the molecule is Cc1nnc(S(=O)(CBr)=C(Br)Br)s1. The smallest absolute Gasteiger partial charge is 0.199 e. The highest BCUT2D eigenvalue weighted by atomic mass is 79.9. The predicted octanol–water partition coefficient (Wildman–Crippen LogP) is 2.72. The number of alkyl halides is 1. The Kier molecular flexibility index (Phi) is 4.37. The number of halogens is 3. The molecule has 1 atom stereocenters. The molecule has 74 valence electrons. The van der Waals surface area contributed by atoms with Crippen LogP contribution >= 0.6 is 59.1 Å². The van der Waals surface area contributed by atoms with E-state index in [2.05, 4.69) is 58.0 Å². The van der Waals surface area contributed by atoms with Crippen molar-refractivity contribution in [3.05, 3.63) is 5.01 Å². The maximum Gasteiger partial charge on any atom is 0.199 e. The van der Waals surface area contributed by atoms with E-state index in [-0.39, 0.29) is 0 Å². The van der Waals surface area contributed by atoms with Gasteiger partial charge in [-0.3, -0.25) is 4.21 Å². The number of hydrogen-bond donors (Lipinski definition) is 0. The third-order valence-corrected chi connectivity index (χ3v) is 9.41. The molecule has 0 N–H and O–H groups in total. The lowest BCUT2D eigenvalue weighted by Gasteiger charge is -2.01. The molecule has 1 aromatic rings. The summed E-state index contributed by atoms with van der Waals surface area (Å²) in [5, 5.41) is 8.50. The zero-order chi connectivity index (χ0) is 10.1. The number of aromatic nitrogens is 2. The molecule has 0 aromatic carbocycles. The van der Waals surface area contributed by atoms with Gasteiger partial charge >= 0.3 is 0 Å². The van der Waals surface area contributed by atoms with Crippen LogP contribution < -0.4 is 0 Å². The molecular formula is C5H5Br3N2OS2. The van der Waals surface area contributed by atoms with Crippen molar-refractivity contribution < 1.29 is 4.21 Å². The molecule has 3 nitrogen and oxygen atoms in total. The fourth-order valence-corrected chi connectivity index (χ4v) is 8.67. The lowest BCUT2D eigenvalue weighted by molar-refractivity contribution is 0.682. The fourth-order valence-electron chi connectivity index (χ4n) is 0.566. The van der Waals surface area contributed by atoms with Crippen molar-refractivity contribution in [3.63, 3.8) is 0 Å². The molecule has 13 heavy (non-hydrogen) atoms. The Morgan fingerprint density at radius 2 is 2.15 bits per heavy atom. The second-order valence-electron chi connectivity index (χ2n) is 2.10. The minimum absolute atomic E-state index is 0.334. The van der Waals surface area contributed by atoms with Gasteiger partial charge in [0.1, 0.15) is 7.69 Å². The Morgan fingerprint density at radius 3 is 2.46 bits per heavy atom. The Balaban J connectivity index is 3.36. The quantitative estimate of drug-likeness (QED) is 0.426. The summed E-state index contributed by atoms with van der Waals surface area (Å²) in [5.41, 5.74) is 0. The van der Waals surface area contributed by atoms with Crippen molar-refractivity contribution in [2.75, 3.05) is 4.66 Å². The van der Waals surface area contributed by atoms with E-state index in [0.717, 1.165) is 5.01 Å². The van der Waals surface area contributed by atoms with E-state index < -0.39 is 9.52 Å². The molecule has 0 saturated carbocycles. The van der Waals surface area contributed by atoms with Crippen molar-refractivity contribution >= 4 is 71.3 Å². The second-order valence-corrected chi connectivity index (χ2v) is 11.0. The molecule has 8 heteroatoms. The summed E-state index contributed by atoms with van der Waals surface area (Å²) < 4.78 is 13.6. The number of aryl methyl sites for hydroxylation is 1. The highest BCUT2D eigenvalue weighted by Crippen LogP contribution is 2.23. The van der Waals surface area contributed by atoms with Gasteiger partial charge < -0.3 is 0 Å². The normalized spacial score (nSPS) is 15.4. The Labute approximate surface area is 106 Å². The summed E-state index contributed by atoms with van der Waals surface area (Å²) in [6.07, 6.45) is 0. The first-order chi connectivity index (χ1) is 6.00. The monoisotopic (exact) mass is 410 g/mol. The van der Waals surface area contributed by atoms with Gasteiger partial charge in [0.25, 0.3) is 0 Å². The highest BCUT2D eigenvalue weighted by molar-refractivity contribution is 9.42. The zero-order valence-electron chi connectivity index (χ0n) is 6.46. The van der Waals surface area contributed by atoms with Gasteiger partial charge in [-0.15, -0.1) is 10.2 Å². The molecule has 1 heterocycles. The van der Waals surface area contributed by atoms with E-state index in [0.29, 0.717) is 11.7 Å². The van der Waals surface area contributed by atoms with E-state index >= 15 is 0 Å². The van der Waals surface area contributed by atoms with E-state index in [1.54, 1.807) is 0 Å². The van der Waals surface area contributed by atoms with Crippen LogP contribution in [0, 0.1) is 6.92 Å². The lowest BCUT2D eigenvalue weighted by Crippen LogP contribution is -2.06. The number of hydrogen-bond acceptors (Lipinski definition) is 4. The van der Waals surface area contributed by atoms with Crippen LogP contribution in [0.2, 0.25) is 0 Å². The summed E-state index contributed by atoms with van der Waals surface area (Å²) >= 11 is 10.9. The first-order valence-corrected chi connectivity index (χ1v) is 8.32. The van der Waals surface area contributed by atoms with Gasteiger partial charge in [-0.25, -0.2) is 0 Å². The Hall–Kier alpha value is 1.02. The molecule has 0 amide bonds. The minimum atomic E-state index is -2.29. The van der Waals surface area contributed by atoms with Gasteiger partial charge in [-0.1, -0.05) is 27.3 Å². The van der Waals surface area contributed by atoms with Crippen molar-refractivity contribution in [2.24, 2.45) is 0 Å². The Morgan fingerprint density at radius 1 is 1.54 bits per heavy atom. The topological polar surface area (TPSA) is 42.9 Å². The average molecular weight is 413 g/mol. The van der Waals surface area contributed by atoms with Gasteiger partial charge in [0.05, 0.1) is 14.2 Å². The van der Waals surface area contributed by atoms with Crippen molar-refractivity contribution in [3.8, 4) is 0 Å². The van der Waals surface area contributed by atoms with Crippen molar-refractivity contribution in [2.45, 2.75) is 11.3 Å². The van der Waals surface area contributed by atoms with Crippen LogP contribution in [0.4, 0.5) is 0 Å². The molecule has 0 aliphatic carbocycles. The van der Waals surface area contributed by atoms with Crippen LogP contribution in [0.25, 0.3) is 0 Å². The summed E-state index contributed by atoms with van der Waals surface area (Å²) in [6.45, 7) is 1.83. The second kappa shape index (κ2) is 4.69. The van der Waals surface area contributed by atoms with Gasteiger partial charge in [0.15, 0.2) is 4.34 Å². The largest absolute Gasteiger partial charge is 0.258 e. The van der Waals surface area contributed by atoms with Crippen molar-refractivity contribution in [1.29, 1.82) is 0 Å². The first kappa shape index (κ1) is 12.1. The lowest BCUT2D eigenvalue weighted by atomic mass is 10.9. The van der Waals surface area contributed by atoms with Gasteiger partial charge in [-0.05, 0) is 38.8 Å². The molecule has 0 bridgehead atoms. The van der Waals surface area contributed by atoms with E-state index in [4.69, 9.17) is 0 Å². The van der Waals surface area contributed by atoms with Crippen LogP contribution in [0.5, 0.6) is 0 Å². The molecule has 0 aliphatic rings. The molecule has 0 radical (unpaired) electrons. The summed E-state index contributed by atoms with van der Waals surface area (Å²) in [4.78, 5) is 0. The van der Waals surface area contributed by atoms with Crippen LogP contribution in [0.1, 0.15) is 5.01 Å².